The van der Waals surface area contributed by atoms with E-state index in [0.29, 0.717) is 44.6 Å². The van der Waals surface area contributed by atoms with Crippen LogP contribution in [0.5, 0.6) is 0 Å². The van der Waals surface area contributed by atoms with Gasteiger partial charge in [0.25, 0.3) is 0 Å². The summed E-state index contributed by atoms with van der Waals surface area (Å²) in [4.78, 5) is 31.3. The Morgan fingerprint density at radius 1 is 0.870 bits per heavy atom. The Balaban J connectivity index is 1.47. The van der Waals surface area contributed by atoms with Crippen molar-refractivity contribution in [3.63, 3.8) is 0 Å². The second-order valence-corrected chi connectivity index (χ2v) is 15.2. The molecule has 250 valence electrons. The van der Waals surface area contributed by atoms with Gasteiger partial charge in [0.1, 0.15) is 10.6 Å². The molecule has 0 radical (unpaired) electrons. The maximum absolute atomic E-state index is 15.0. The summed E-state index contributed by atoms with van der Waals surface area (Å²) in [5.74, 6) is -1.56. The lowest BCUT2D eigenvalue weighted by molar-refractivity contribution is -0.348. The van der Waals surface area contributed by atoms with Gasteiger partial charge in [-0.25, -0.2) is 17.2 Å². The Labute approximate surface area is 258 Å². The van der Waals surface area contributed by atoms with Gasteiger partial charge < -0.3 is 10.6 Å². The predicted molar refractivity (Wildman–Crippen MR) is 145 cm³/mol. The van der Waals surface area contributed by atoms with Crippen molar-refractivity contribution < 1.29 is 53.1 Å². The Morgan fingerprint density at radius 2 is 1.41 bits per heavy atom. The van der Waals surface area contributed by atoms with Crippen LogP contribution < -0.4 is 5.73 Å². The summed E-state index contributed by atoms with van der Waals surface area (Å²) in [5, 5.41) is 0. The molecule has 16 heteroatoms. The number of amides is 2. The van der Waals surface area contributed by atoms with Crippen molar-refractivity contribution in [1.29, 1.82) is 0 Å². The van der Waals surface area contributed by atoms with Gasteiger partial charge in [-0.1, -0.05) is 0 Å². The molecule has 5 aliphatic rings. The lowest BCUT2D eigenvalue weighted by Gasteiger charge is -2.53. The van der Waals surface area contributed by atoms with Crippen LogP contribution >= 0.6 is 0 Å². The molecule has 0 spiro atoms. The number of primary amides is 1. The number of aromatic nitrogens is 1. The van der Waals surface area contributed by atoms with Crippen LogP contribution in [-0.2, 0) is 36.3 Å². The number of halogens is 8. The summed E-state index contributed by atoms with van der Waals surface area (Å²) in [6.07, 6.45) is -11.4. The minimum atomic E-state index is -6.40. The van der Waals surface area contributed by atoms with Crippen molar-refractivity contribution in [2.45, 2.75) is 91.5 Å². The minimum absolute atomic E-state index is 0.0545. The van der Waals surface area contributed by atoms with Crippen LogP contribution in [0, 0.1) is 16.6 Å². The van der Waals surface area contributed by atoms with Gasteiger partial charge in [0, 0.05) is 29.1 Å². The van der Waals surface area contributed by atoms with Crippen molar-refractivity contribution >= 4 is 21.7 Å². The zero-order valence-electron chi connectivity index (χ0n) is 24.1. The van der Waals surface area contributed by atoms with E-state index in [1.807, 2.05) is 0 Å². The normalized spacial score (nSPS) is 29.7. The molecule has 2 amide bonds. The van der Waals surface area contributed by atoms with Gasteiger partial charge in [-0.05, 0) is 93.7 Å². The van der Waals surface area contributed by atoms with Crippen LogP contribution in [0.3, 0.4) is 0 Å². The molecule has 4 fully saturated rings. The Bertz CT molecular complexity index is 1670. The maximum Gasteiger partial charge on any atom is 0.436 e. The summed E-state index contributed by atoms with van der Waals surface area (Å²) in [6.45, 7) is -0.131. The number of aryl methyl sites for hydroxylation is 1. The summed E-state index contributed by atoms with van der Waals surface area (Å²) >= 11 is 0. The molecule has 2 aromatic rings. The van der Waals surface area contributed by atoms with Crippen molar-refractivity contribution in [3.8, 4) is 0 Å². The lowest BCUT2D eigenvalue weighted by atomic mass is 9.53. The molecule has 1 aromatic carbocycles. The maximum atomic E-state index is 15.0. The highest BCUT2D eigenvalue weighted by atomic mass is 32.2. The number of fused-ring (bicyclic) bond motifs is 6. The van der Waals surface area contributed by atoms with Crippen molar-refractivity contribution in [2.24, 2.45) is 16.6 Å². The number of benzene rings is 1. The second kappa shape index (κ2) is 10.1. The number of pyridine rings is 1. The fourth-order valence-electron chi connectivity index (χ4n) is 8.27. The van der Waals surface area contributed by atoms with Crippen LogP contribution in [0.25, 0.3) is 0 Å². The second-order valence-electron chi connectivity index (χ2n) is 13.0. The number of hydrogen-bond acceptors (Lipinski definition) is 5. The van der Waals surface area contributed by atoms with Crippen LogP contribution in [-0.4, -0.2) is 55.1 Å². The largest absolute Gasteiger partial charge is 0.436 e. The molecule has 4 aliphatic carbocycles. The van der Waals surface area contributed by atoms with Crippen LogP contribution in [0.4, 0.5) is 35.1 Å². The first-order valence-corrected chi connectivity index (χ1v) is 16.2. The first-order chi connectivity index (χ1) is 21.3. The number of rotatable bonds is 5. The third-order valence-electron chi connectivity index (χ3n) is 11.0. The minimum Gasteiger partial charge on any atom is -0.369 e. The average Bonchev–Trinajstić information content (AvgIpc) is 3.41. The third-order valence-corrected chi connectivity index (χ3v) is 13.5. The topological polar surface area (TPSA) is 110 Å². The molecular weight excluding hydrogens is 650 g/mol. The number of alkyl halides is 7. The number of hydrogen-bond donors (Lipinski definition) is 1. The molecule has 1 aliphatic heterocycles. The molecule has 2 N–H and O–H groups in total. The molecule has 7 rings (SSSR count). The van der Waals surface area contributed by atoms with Crippen molar-refractivity contribution in [1.82, 2.24) is 9.88 Å². The van der Waals surface area contributed by atoms with Crippen molar-refractivity contribution in [3.05, 3.63) is 59.2 Å². The van der Waals surface area contributed by atoms with Gasteiger partial charge in [0.15, 0.2) is 9.84 Å². The number of nitrogens with zero attached hydrogens (tertiary/aromatic N) is 2. The highest BCUT2D eigenvalue weighted by molar-refractivity contribution is 7.92. The molecule has 2 heterocycles. The van der Waals surface area contributed by atoms with Gasteiger partial charge in [0.05, 0.1) is 16.6 Å². The molecule has 1 aromatic heterocycles. The van der Waals surface area contributed by atoms with E-state index in [4.69, 9.17) is 5.73 Å². The molecule has 2 atom stereocenters. The van der Waals surface area contributed by atoms with E-state index in [2.05, 4.69) is 4.98 Å². The molecule has 46 heavy (non-hydrogen) atoms. The Hall–Kier alpha value is -3.30. The van der Waals surface area contributed by atoms with Crippen molar-refractivity contribution in [2.75, 3.05) is 6.54 Å². The van der Waals surface area contributed by atoms with Gasteiger partial charge in [-0.3, -0.25) is 14.6 Å². The molecular formula is C30H29F8N3O4S. The highest BCUT2D eigenvalue weighted by Gasteiger charge is 2.74. The third kappa shape index (κ3) is 4.26. The lowest BCUT2D eigenvalue weighted by Crippen LogP contribution is -2.58. The first kappa shape index (κ1) is 32.6. The summed E-state index contributed by atoms with van der Waals surface area (Å²) < 4.78 is 137. The van der Waals surface area contributed by atoms with E-state index in [1.54, 1.807) is 0 Å². The van der Waals surface area contributed by atoms with E-state index in [0.717, 1.165) is 24.3 Å². The Morgan fingerprint density at radius 3 is 1.93 bits per heavy atom. The summed E-state index contributed by atoms with van der Waals surface area (Å²) in [7, 11) is -4.65. The fourth-order valence-corrected chi connectivity index (χ4v) is 10.6. The number of nitrogens with two attached hydrogens (primary N) is 1. The zero-order chi connectivity index (χ0) is 33.7. The van der Waals surface area contributed by atoms with Crippen LogP contribution in [0.2, 0.25) is 0 Å². The molecule has 7 nitrogen and oxygen atoms in total. The molecule has 3 saturated carbocycles. The summed E-state index contributed by atoms with van der Waals surface area (Å²) in [6, 6.07) is 2.95. The number of carbonyl (C=O) groups excluding carboxylic acids is 2. The van der Waals surface area contributed by atoms with E-state index in [9.17, 15) is 48.7 Å². The van der Waals surface area contributed by atoms with Gasteiger partial charge >= 0.3 is 18.0 Å². The fraction of sp³-hybridized carbons (Fsp3) is 0.567. The monoisotopic (exact) mass is 679 g/mol. The van der Waals surface area contributed by atoms with Gasteiger partial charge in [-0.2, -0.15) is 26.3 Å². The predicted octanol–water partition coefficient (Wildman–Crippen LogP) is 5.55. The first-order valence-electron chi connectivity index (χ1n) is 14.7. The average molecular weight is 680 g/mol. The van der Waals surface area contributed by atoms with E-state index < -0.39 is 71.7 Å². The van der Waals surface area contributed by atoms with E-state index >= 15 is 4.39 Å². The number of likely N-dealkylation sites (tertiary alicyclic amines) is 1. The van der Waals surface area contributed by atoms with E-state index in [-0.39, 0.29) is 49.2 Å². The zero-order valence-corrected chi connectivity index (χ0v) is 25.0. The quantitative estimate of drug-likeness (QED) is 0.329. The molecule has 2 unspecified atom stereocenters. The Kier molecular flexibility index (Phi) is 7.17. The molecule has 2 bridgehead atoms. The SMILES string of the molecule is NC(=O)C12CCC(C(=O)N3CCC4(S(=O)(=O)c5ccc(F)cc5)c5ncc(C(F)(C(F)(F)F)C(F)(F)F)cc5CCC34)(CC1)CC2. The standard InChI is InChI=1S/C30H29F8N3O4S/c31-19-2-4-20(5-3-19)46(44,45)27-13-14-41(24(43)26-10-7-25(8-11-26,9-12-26)23(39)42)21(27)6-1-17-15-18(16-40-22(17)27)28(32,29(33,34)35)30(36,37)38/h2-5,15-16,21H,1,6-14H2,(H2,39,42). The van der Waals surface area contributed by atoms with Crippen LogP contribution in [0.1, 0.15) is 68.2 Å². The molecule has 1 saturated heterocycles. The summed E-state index contributed by atoms with van der Waals surface area (Å²) in [5.41, 5.74) is -4.30. The highest BCUT2D eigenvalue weighted by Crippen LogP contribution is 2.60. The van der Waals surface area contributed by atoms with Crippen LogP contribution in [0.15, 0.2) is 41.4 Å². The smallest absolute Gasteiger partial charge is 0.369 e. The number of sulfone groups is 1. The van der Waals surface area contributed by atoms with E-state index in [1.165, 1.54) is 4.90 Å². The van der Waals surface area contributed by atoms with Gasteiger partial charge in [-0.15, -0.1) is 0 Å². The number of carbonyl (C=O) groups is 2. The van der Waals surface area contributed by atoms with Gasteiger partial charge in [0.2, 0.25) is 11.8 Å².